The summed E-state index contributed by atoms with van der Waals surface area (Å²) >= 11 is 0. The van der Waals surface area contributed by atoms with Gasteiger partial charge in [0.15, 0.2) is 0 Å². The largest absolute Gasteiger partial charge is 0.434 e. The van der Waals surface area contributed by atoms with Gasteiger partial charge in [-0.25, -0.2) is 4.98 Å². The summed E-state index contributed by atoms with van der Waals surface area (Å²) in [5, 5.41) is 11.6. The molecule has 8 nitrogen and oxygen atoms in total. The minimum absolute atomic E-state index is 0.00709. The van der Waals surface area contributed by atoms with Crippen LogP contribution in [0.3, 0.4) is 0 Å². The van der Waals surface area contributed by atoms with E-state index in [9.17, 15) is 10.1 Å². The summed E-state index contributed by atoms with van der Waals surface area (Å²) in [5.74, 6) is 0.716. The lowest BCUT2D eigenvalue weighted by Gasteiger charge is -2.11. The lowest BCUT2D eigenvalue weighted by molar-refractivity contribution is -0.385. The van der Waals surface area contributed by atoms with Crippen LogP contribution in [0.1, 0.15) is 25.3 Å². The number of hydrogen-bond acceptors (Lipinski definition) is 7. The van der Waals surface area contributed by atoms with Crippen molar-refractivity contribution in [3.63, 3.8) is 0 Å². The lowest BCUT2D eigenvalue weighted by atomic mass is 10.0. The van der Waals surface area contributed by atoms with Crippen molar-refractivity contribution in [1.29, 1.82) is 0 Å². The minimum atomic E-state index is -0.577. The van der Waals surface area contributed by atoms with Crippen LogP contribution in [-0.2, 0) is 0 Å². The molecular weight excluding hydrogens is 346 g/mol. The van der Waals surface area contributed by atoms with Crippen LogP contribution in [-0.4, -0.2) is 14.9 Å². The van der Waals surface area contributed by atoms with Crippen LogP contribution in [0.15, 0.2) is 60.9 Å². The maximum absolute atomic E-state index is 11.6. The van der Waals surface area contributed by atoms with E-state index in [0.717, 1.165) is 11.3 Å². The smallest absolute Gasteiger partial charge is 0.374 e. The van der Waals surface area contributed by atoms with E-state index in [1.165, 1.54) is 6.33 Å². The van der Waals surface area contributed by atoms with E-state index in [1.807, 2.05) is 42.5 Å². The second kappa shape index (κ2) is 8.13. The number of hydrogen-bond donors (Lipinski definition) is 2. The Morgan fingerprint density at radius 3 is 2.33 bits per heavy atom. The Morgan fingerprint density at radius 1 is 1.00 bits per heavy atom. The predicted molar refractivity (Wildman–Crippen MR) is 103 cm³/mol. The molecule has 0 radical (unpaired) electrons. The Kier molecular flexibility index (Phi) is 5.46. The second-order valence-corrected chi connectivity index (χ2v) is 6.07. The fourth-order valence-electron chi connectivity index (χ4n) is 2.38. The molecule has 2 aromatic carbocycles. The Hall–Kier alpha value is -3.68. The van der Waals surface area contributed by atoms with Gasteiger partial charge in [0, 0.05) is 0 Å². The highest BCUT2D eigenvalue weighted by atomic mass is 16.6. The number of nitrogens with zero attached hydrogens (tertiary/aromatic N) is 3. The number of aromatic nitrogens is 2. The summed E-state index contributed by atoms with van der Waals surface area (Å²) in [6.45, 7) is 4.17. The number of para-hydroxylation sites is 1. The second-order valence-electron chi connectivity index (χ2n) is 6.07. The zero-order chi connectivity index (χ0) is 19.2. The van der Waals surface area contributed by atoms with Crippen molar-refractivity contribution in [3.8, 4) is 11.6 Å². The van der Waals surface area contributed by atoms with Gasteiger partial charge in [0.1, 0.15) is 12.1 Å². The zero-order valence-electron chi connectivity index (χ0n) is 14.9. The number of benzene rings is 2. The molecule has 1 aromatic heterocycles. The zero-order valence-corrected chi connectivity index (χ0v) is 14.9. The van der Waals surface area contributed by atoms with Gasteiger partial charge in [-0.1, -0.05) is 44.2 Å². The van der Waals surface area contributed by atoms with Gasteiger partial charge >= 0.3 is 11.6 Å². The van der Waals surface area contributed by atoms with Crippen LogP contribution in [0, 0.1) is 10.1 Å². The number of hydrazine groups is 1. The van der Waals surface area contributed by atoms with Crippen molar-refractivity contribution in [2.24, 2.45) is 0 Å². The first kappa shape index (κ1) is 18.1. The van der Waals surface area contributed by atoms with Crippen LogP contribution >= 0.6 is 0 Å². The SMILES string of the molecule is CC(C)c1ccc(Oc2ncnc(NNc3ccccc3)c2[N+](=O)[O-])cc1. The van der Waals surface area contributed by atoms with Gasteiger partial charge in [0.2, 0.25) is 5.82 Å². The number of ether oxygens (including phenoxy) is 1. The average Bonchev–Trinajstić information content (AvgIpc) is 2.67. The van der Waals surface area contributed by atoms with Crippen LogP contribution in [0.5, 0.6) is 11.6 Å². The Labute approximate surface area is 156 Å². The van der Waals surface area contributed by atoms with Crippen molar-refractivity contribution < 1.29 is 9.66 Å². The number of nitrogens with one attached hydrogen (secondary N) is 2. The minimum Gasteiger partial charge on any atom is -0.434 e. The molecule has 27 heavy (non-hydrogen) atoms. The van der Waals surface area contributed by atoms with E-state index in [2.05, 4.69) is 34.7 Å². The molecule has 3 aromatic rings. The molecule has 0 spiro atoms. The molecular formula is C19H19N5O3. The molecule has 3 rings (SSSR count). The highest BCUT2D eigenvalue weighted by molar-refractivity contribution is 5.64. The predicted octanol–water partition coefficient (Wildman–Crippen LogP) is 4.74. The standard InChI is InChI=1S/C19H19N5O3/c1-13(2)14-8-10-16(11-9-14)27-19-17(24(25)26)18(20-12-21-19)23-22-15-6-4-3-5-7-15/h3-13,22H,1-2H3,(H,20,21,23). The van der Waals surface area contributed by atoms with Crippen LogP contribution < -0.4 is 15.6 Å². The van der Waals surface area contributed by atoms with Crippen molar-refractivity contribution in [2.45, 2.75) is 19.8 Å². The molecule has 0 atom stereocenters. The molecule has 0 aliphatic carbocycles. The number of rotatable bonds is 7. The Balaban J connectivity index is 1.83. The Morgan fingerprint density at radius 2 is 1.70 bits per heavy atom. The summed E-state index contributed by atoms with van der Waals surface area (Å²) in [4.78, 5) is 18.9. The summed E-state index contributed by atoms with van der Waals surface area (Å²) in [5.41, 5.74) is 7.13. The van der Waals surface area contributed by atoms with E-state index in [0.29, 0.717) is 11.7 Å². The Bertz CT molecular complexity index is 914. The molecule has 8 heteroatoms. The molecule has 0 aliphatic rings. The monoisotopic (exact) mass is 365 g/mol. The molecule has 138 valence electrons. The van der Waals surface area contributed by atoms with Gasteiger partial charge < -0.3 is 4.74 Å². The summed E-state index contributed by atoms with van der Waals surface area (Å²) in [7, 11) is 0. The van der Waals surface area contributed by atoms with E-state index in [4.69, 9.17) is 4.74 Å². The molecule has 2 N–H and O–H groups in total. The highest BCUT2D eigenvalue weighted by Gasteiger charge is 2.25. The van der Waals surface area contributed by atoms with Gasteiger partial charge in [-0.2, -0.15) is 4.98 Å². The maximum Gasteiger partial charge on any atom is 0.374 e. The maximum atomic E-state index is 11.6. The van der Waals surface area contributed by atoms with Gasteiger partial charge in [0.05, 0.1) is 10.6 Å². The molecule has 0 amide bonds. The first-order valence-corrected chi connectivity index (χ1v) is 8.39. The van der Waals surface area contributed by atoms with Crippen molar-refractivity contribution >= 4 is 17.2 Å². The third kappa shape index (κ3) is 4.49. The van der Waals surface area contributed by atoms with E-state index < -0.39 is 4.92 Å². The van der Waals surface area contributed by atoms with Crippen LogP contribution in [0.25, 0.3) is 0 Å². The van der Waals surface area contributed by atoms with Crippen LogP contribution in [0.4, 0.5) is 17.2 Å². The van der Waals surface area contributed by atoms with Crippen LogP contribution in [0.2, 0.25) is 0 Å². The van der Waals surface area contributed by atoms with Crippen molar-refractivity contribution in [2.75, 3.05) is 10.9 Å². The van der Waals surface area contributed by atoms with E-state index in [1.54, 1.807) is 12.1 Å². The topological polar surface area (TPSA) is 102 Å². The normalized spacial score (nSPS) is 10.5. The van der Waals surface area contributed by atoms with Crippen molar-refractivity contribution in [1.82, 2.24) is 9.97 Å². The number of nitro groups is 1. The molecule has 0 unspecified atom stereocenters. The molecule has 0 bridgehead atoms. The lowest BCUT2D eigenvalue weighted by Crippen LogP contribution is -2.12. The summed E-state index contributed by atoms with van der Waals surface area (Å²) in [6, 6.07) is 16.5. The fraction of sp³-hybridized carbons (Fsp3) is 0.158. The van der Waals surface area contributed by atoms with Gasteiger partial charge in [0.25, 0.3) is 0 Å². The first-order chi connectivity index (χ1) is 13.0. The fourth-order valence-corrected chi connectivity index (χ4v) is 2.38. The van der Waals surface area contributed by atoms with Gasteiger partial charge in [-0.15, -0.1) is 0 Å². The quantitative estimate of drug-likeness (QED) is 0.460. The summed E-state index contributed by atoms with van der Waals surface area (Å²) < 4.78 is 5.64. The highest BCUT2D eigenvalue weighted by Crippen LogP contribution is 2.34. The number of anilines is 2. The van der Waals surface area contributed by atoms with Gasteiger partial charge in [-0.05, 0) is 35.7 Å². The van der Waals surface area contributed by atoms with E-state index in [-0.39, 0.29) is 17.4 Å². The van der Waals surface area contributed by atoms with E-state index >= 15 is 0 Å². The molecule has 0 saturated heterocycles. The molecule has 0 aliphatic heterocycles. The first-order valence-electron chi connectivity index (χ1n) is 8.39. The molecule has 0 fully saturated rings. The molecule has 0 saturated carbocycles. The third-order valence-electron chi connectivity index (χ3n) is 3.83. The van der Waals surface area contributed by atoms with Gasteiger partial charge in [-0.3, -0.25) is 21.0 Å². The molecule has 1 heterocycles. The van der Waals surface area contributed by atoms with Crippen molar-refractivity contribution in [3.05, 3.63) is 76.6 Å². The third-order valence-corrected chi connectivity index (χ3v) is 3.83. The summed E-state index contributed by atoms with van der Waals surface area (Å²) in [6.07, 6.45) is 1.21. The average molecular weight is 365 g/mol.